The maximum absolute atomic E-state index is 14.2. The van der Waals surface area contributed by atoms with E-state index in [1.807, 2.05) is 0 Å². The van der Waals surface area contributed by atoms with Crippen molar-refractivity contribution in [2.45, 2.75) is 31.2 Å². The van der Waals surface area contributed by atoms with Gasteiger partial charge in [0.2, 0.25) is 0 Å². The number of amidine groups is 1. The van der Waals surface area contributed by atoms with Crippen molar-refractivity contribution in [1.82, 2.24) is 0 Å². The zero-order valence-electron chi connectivity index (χ0n) is 11.5. The first kappa shape index (κ1) is 17.3. The van der Waals surface area contributed by atoms with Gasteiger partial charge in [-0.2, -0.15) is 13.2 Å². The van der Waals surface area contributed by atoms with E-state index in [0.717, 1.165) is 12.1 Å². The number of rotatable bonds is 2. The number of hydrogen-bond acceptors (Lipinski definition) is 5. The molecule has 0 aromatic heterocycles. The lowest BCUT2D eigenvalue weighted by atomic mass is 9.85. The molecule has 1 aromatic rings. The zero-order valence-corrected chi connectivity index (χ0v) is 12.3. The van der Waals surface area contributed by atoms with Crippen LogP contribution in [0.5, 0.6) is 0 Å². The third-order valence-corrected chi connectivity index (χ3v) is 3.65. The summed E-state index contributed by atoms with van der Waals surface area (Å²) in [7, 11) is 0. The Balaban J connectivity index is 2.59. The van der Waals surface area contributed by atoms with Crippen LogP contribution in [-0.4, -0.2) is 23.2 Å². The predicted octanol–water partition coefficient (Wildman–Crippen LogP) is 3.27. The number of non-ortho nitro benzene ring substituents is 1. The summed E-state index contributed by atoms with van der Waals surface area (Å²) < 4.78 is 57.4. The number of benzene rings is 1. The fraction of sp³-hybridized carbons (Fsp3) is 0.417. The SMILES string of the molecule is C[C@@]1(c2cc([N+](=O)[O-])cc(Cl)c2F)C[C@@H](C(F)(F)F)OC(N)=N1. The van der Waals surface area contributed by atoms with E-state index in [4.69, 9.17) is 17.3 Å². The first-order valence-corrected chi connectivity index (χ1v) is 6.54. The van der Waals surface area contributed by atoms with Crippen molar-refractivity contribution < 1.29 is 27.2 Å². The third kappa shape index (κ3) is 3.31. The van der Waals surface area contributed by atoms with E-state index in [-0.39, 0.29) is 0 Å². The van der Waals surface area contributed by atoms with E-state index >= 15 is 0 Å². The highest BCUT2D eigenvalue weighted by Gasteiger charge is 2.50. The summed E-state index contributed by atoms with van der Waals surface area (Å²) in [6.45, 7) is 1.17. The van der Waals surface area contributed by atoms with Gasteiger partial charge in [0.1, 0.15) is 5.82 Å². The van der Waals surface area contributed by atoms with Gasteiger partial charge >= 0.3 is 6.18 Å². The fourth-order valence-electron chi connectivity index (χ4n) is 2.29. The fourth-order valence-corrected chi connectivity index (χ4v) is 2.50. The minimum Gasteiger partial charge on any atom is -0.452 e. The van der Waals surface area contributed by atoms with Gasteiger partial charge in [-0.15, -0.1) is 0 Å². The van der Waals surface area contributed by atoms with E-state index in [0.29, 0.717) is 0 Å². The number of nitro groups is 1. The van der Waals surface area contributed by atoms with Crippen LogP contribution in [0.15, 0.2) is 17.1 Å². The normalized spacial score (nSPS) is 24.8. The number of ether oxygens (including phenoxy) is 1. The third-order valence-electron chi connectivity index (χ3n) is 3.37. The van der Waals surface area contributed by atoms with Crippen molar-refractivity contribution in [2.75, 3.05) is 0 Å². The zero-order chi connectivity index (χ0) is 17.6. The smallest absolute Gasteiger partial charge is 0.425 e. The summed E-state index contributed by atoms with van der Waals surface area (Å²) in [6.07, 6.45) is -7.88. The van der Waals surface area contributed by atoms with E-state index in [9.17, 15) is 27.7 Å². The predicted molar refractivity (Wildman–Crippen MR) is 72.6 cm³/mol. The molecule has 0 amide bonds. The van der Waals surface area contributed by atoms with Gasteiger partial charge in [-0.1, -0.05) is 11.6 Å². The molecule has 1 aliphatic heterocycles. The molecule has 1 heterocycles. The summed E-state index contributed by atoms with van der Waals surface area (Å²) in [5, 5.41) is 10.3. The Hall–Kier alpha value is -2.10. The van der Waals surface area contributed by atoms with Crippen LogP contribution in [0.4, 0.5) is 23.2 Å². The van der Waals surface area contributed by atoms with Crippen LogP contribution < -0.4 is 5.73 Å². The van der Waals surface area contributed by atoms with Crippen molar-refractivity contribution >= 4 is 23.3 Å². The molecule has 126 valence electrons. The molecule has 11 heteroatoms. The molecule has 23 heavy (non-hydrogen) atoms. The lowest BCUT2D eigenvalue weighted by molar-refractivity contribution is -0.385. The molecule has 1 aromatic carbocycles. The second-order valence-corrected chi connectivity index (χ2v) is 5.53. The van der Waals surface area contributed by atoms with Gasteiger partial charge in [0.15, 0.2) is 6.10 Å². The van der Waals surface area contributed by atoms with Gasteiger partial charge in [-0.05, 0) is 6.92 Å². The molecule has 6 nitrogen and oxygen atoms in total. The van der Waals surface area contributed by atoms with Gasteiger partial charge in [0.25, 0.3) is 11.7 Å². The average molecular weight is 356 g/mol. The summed E-state index contributed by atoms with van der Waals surface area (Å²) in [6, 6.07) is 0.761. The Kier molecular flexibility index (Phi) is 4.14. The highest BCUT2D eigenvalue weighted by Crippen LogP contribution is 2.42. The van der Waals surface area contributed by atoms with Gasteiger partial charge in [-0.25, -0.2) is 9.38 Å². The van der Waals surface area contributed by atoms with Gasteiger partial charge in [0.05, 0.1) is 15.5 Å². The van der Waals surface area contributed by atoms with Gasteiger partial charge in [0, 0.05) is 24.1 Å². The second-order valence-electron chi connectivity index (χ2n) is 5.12. The molecule has 0 bridgehead atoms. The summed E-state index contributed by atoms with van der Waals surface area (Å²) in [5.41, 5.74) is 2.41. The van der Waals surface area contributed by atoms with Crippen molar-refractivity contribution in [3.63, 3.8) is 0 Å². The van der Waals surface area contributed by atoms with Crippen LogP contribution >= 0.6 is 11.6 Å². The van der Waals surface area contributed by atoms with Crippen molar-refractivity contribution in [3.8, 4) is 0 Å². The lowest BCUT2D eigenvalue weighted by Crippen LogP contribution is -2.46. The number of nitrogens with zero attached hydrogens (tertiary/aromatic N) is 2. The van der Waals surface area contributed by atoms with Crippen molar-refractivity contribution in [1.29, 1.82) is 0 Å². The van der Waals surface area contributed by atoms with Crippen LogP contribution in [0.25, 0.3) is 0 Å². The van der Waals surface area contributed by atoms with E-state index < -0.39 is 57.3 Å². The van der Waals surface area contributed by atoms with Crippen molar-refractivity contribution in [2.24, 2.45) is 10.7 Å². The highest BCUT2D eigenvalue weighted by atomic mass is 35.5. The lowest BCUT2D eigenvalue weighted by Gasteiger charge is -2.35. The molecule has 2 N–H and O–H groups in total. The molecule has 2 rings (SSSR count). The van der Waals surface area contributed by atoms with Crippen LogP contribution in [0, 0.1) is 15.9 Å². The van der Waals surface area contributed by atoms with Crippen molar-refractivity contribution in [3.05, 3.63) is 38.7 Å². The maximum atomic E-state index is 14.2. The largest absolute Gasteiger partial charge is 0.452 e. The average Bonchev–Trinajstić information content (AvgIpc) is 2.39. The molecule has 0 radical (unpaired) electrons. The standard InChI is InChI=1S/C12H10ClF4N3O3/c1-11(4-8(12(15,16)17)23-10(18)19-11)6-2-5(20(21)22)3-7(13)9(6)14/h2-3,8H,4H2,1H3,(H2,18,19)/t8-,11-/m0/s1. The Bertz CT molecular complexity index is 695. The van der Waals surface area contributed by atoms with Crippen LogP contribution in [0.2, 0.25) is 5.02 Å². The first-order valence-electron chi connectivity index (χ1n) is 6.16. The van der Waals surface area contributed by atoms with Gasteiger partial charge in [-0.3, -0.25) is 10.1 Å². The Morgan fingerprint density at radius 1 is 1.52 bits per heavy atom. The molecular weight excluding hydrogens is 346 g/mol. The maximum Gasteiger partial charge on any atom is 0.425 e. The van der Waals surface area contributed by atoms with Crippen LogP contribution in [0.1, 0.15) is 18.9 Å². The molecule has 0 saturated heterocycles. The molecular formula is C12H10ClF4N3O3. The first-order chi connectivity index (χ1) is 10.4. The number of nitro benzene ring substituents is 1. The number of aliphatic imine (C=N–C) groups is 1. The topological polar surface area (TPSA) is 90.8 Å². The summed E-state index contributed by atoms with van der Waals surface area (Å²) in [4.78, 5) is 13.7. The van der Waals surface area contributed by atoms with E-state index in [1.165, 1.54) is 6.92 Å². The number of hydrogen-bond donors (Lipinski definition) is 1. The quantitative estimate of drug-likeness (QED) is 0.501. The molecule has 0 unspecified atom stereocenters. The Morgan fingerprint density at radius 2 is 2.13 bits per heavy atom. The number of alkyl halides is 3. The molecule has 0 saturated carbocycles. The molecule has 0 spiro atoms. The van der Waals surface area contributed by atoms with Gasteiger partial charge < -0.3 is 10.5 Å². The monoisotopic (exact) mass is 355 g/mol. The summed E-state index contributed by atoms with van der Waals surface area (Å²) >= 11 is 5.59. The Morgan fingerprint density at radius 3 is 2.65 bits per heavy atom. The summed E-state index contributed by atoms with van der Waals surface area (Å²) in [5.74, 6) is -1.10. The van der Waals surface area contributed by atoms with E-state index in [1.54, 1.807) is 0 Å². The second kappa shape index (κ2) is 5.52. The van der Waals surface area contributed by atoms with Crippen LogP contribution in [0.3, 0.4) is 0 Å². The van der Waals surface area contributed by atoms with E-state index in [2.05, 4.69) is 9.73 Å². The number of nitrogens with two attached hydrogens (primary N) is 1. The molecule has 0 aliphatic carbocycles. The Labute approximate surface area is 132 Å². The minimum absolute atomic E-state index is 0.461. The molecule has 1 aliphatic rings. The molecule has 0 fully saturated rings. The van der Waals surface area contributed by atoms with Crippen LogP contribution in [-0.2, 0) is 10.3 Å². The number of halogens is 5. The molecule has 2 atom stereocenters. The highest BCUT2D eigenvalue weighted by molar-refractivity contribution is 6.31. The minimum atomic E-state index is -4.76.